The third-order valence-corrected chi connectivity index (χ3v) is 6.10. The maximum Gasteiger partial charge on any atom is 0.224 e. The van der Waals surface area contributed by atoms with Gasteiger partial charge in [0.2, 0.25) is 11.7 Å². The number of carbonyl (C=O) groups is 1. The van der Waals surface area contributed by atoms with Crippen LogP contribution >= 0.6 is 0 Å². The summed E-state index contributed by atoms with van der Waals surface area (Å²) in [5.41, 5.74) is 1.38. The van der Waals surface area contributed by atoms with Gasteiger partial charge in [-0.25, -0.2) is 0 Å². The van der Waals surface area contributed by atoms with Crippen LogP contribution in [0.15, 0.2) is 42.5 Å². The maximum atomic E-state index is 13.0. The standard InChI is InChI=1S/C18H19N5O/c24-17(13-10-12-6-7-14(13)18(12)8-9-18)19-15(16-20-22-23-21-16)11-4-2-1-3-5-11/h1-7,12-15H,8-10H2,(H,19,24)(H,20,21,22,23)/t12-,13-,14+,15?/m1/s1. The summed E-state index contributed by atoms with van der Waals surface area (Å²) >= 11 is 0. The summed E-state index contributed by atoms with van der Waals surface area (Å²) in [6.45, 7) is 0. The third kappa shape index (κ3) is 1.95. The monoisotopic (exact) mass is 321 g/mol. The first-order valence-corrected chi connectivity index (χ1v) is 8.55. The van der Waals surface area contributed by atoms with Crippen LogP contribution in [0.2, 0.25) is 0 Å². The van der Waals surface area contributed by atoms with E-state index in [2.05, 4.69) is 38.1 Å². The lowest BCUT2D eigenvalue weighted by Crippen LogP contribution is -2.37. The summed E-state index contributed by atoms with van der Waals surface area (Å²) in [4.78, 5) is 13.0. The van der Waals surface area contributed by atoms with Crippen LogP contribution in [0.4, 0.5) is 0 Å². The molecule has 2 aromatic rings. The second-order valence-electron chi connectivity index (χ2n) is 7.21. The number of H-pyrrole nitrogens is 1. The van der Waals surface area contributed by atoms with E-state index in [0.717, 1.165) is 12.0 Å². The Morgan fingerprint density at radius 1 is 1.25 bits per heavy atom. The average Bonchev–Trinajstić information content (AvgIpc) is 2.97. The Bertz CT molecular complexity index is 781. The number of hydrogen-bond donors (Lipinski definition) is 2. The minimum absolute atomic E-state index is 0.0700. The molecule has 0 radical (unpaired) electrons. The van der Waals surface area contributed by atoms with Crippen LogP contribution in [0, 0.1) is 23.2 Å². The van der Waals surface area contributed by atoms with Crippen LogP contribution in [0.1, 0.15) is 36.7 Å². The van der Waals surface area contributed by atoms with E-state index in [1.807, 2.05) is 30.3 Å². The molecule has 3 aliphatic rings. The number of nitrogens with one attached hydrogen (secondary N) is 2. The summed E-state index contributed by atoms with van der Waals surface area (Å²) < 4.78 is 0. The summed E-state index contributed by atoms with van der Waals surface area (Å²) in [6, 6.07) is 9.45. The lowest BCUT2D eigenvalue weighted by atomic mass is 9.88. The molecule has 6 heteroatoms. The van der Waals surface area contributed by atoms with Crippen molar-refractivity contribution in [3.05, 3.63) is 53.9 Å². The minimum Gasteiger partial charge on any atom is -0.342 e. The number of allylic oxidation sites excluding steroid dienone is 2. The first-order valence-electron chi connectivity index (χ1n) is 8.55. The van der Waals surface area contributed by atoms with E-state index >= 15 is 0 Å². The Labute approximate surface area is 139 Å². The van der Waals surface area contributed by atoms with Gasteiger partial charge in [0.05, 0.1) is 0 Å². The molecule has 4 atom stereocenters. The van der Waals surface area contributed by atoms with Crippen molar-refractivity contribution in [3.8, 4) is 0 Å². The molecule has 0 saturated heterocycles. The second kappa shape index (κ2) is 5.00. The molecule has 1 heterocycles. The average molecular weight is 321 g/mol. The molecule has 1 aromatic heterocycles. The molecular formula is C18H19N5O. The fourth-order valence-corrected chi connectivity index (χ4v) is 4.75. The number of benzene rings is 1. The fraction of sp³-hybridized carbons (Fsp3) is 0.444. The van der Waals surface area contributed by atoms with Crippen molar-refractivity contribution < 1.29 is 4.79 Å². The van der Waals surface area contributed by atoms with Gasteiger partial charge >= 0.3 is 0 Å². The van der Waals surface area contributed by atoms with Crippen LogP contribution in [0.25, 0.3) is 0 Å². The van der Waals surface area contributed by atoms with E-state index in [1.165, 1.54) is 12.8 Å². The zero-order valence-electron chi connectivity index (χ0n) is 13.2. The number of hydrogen-bond acceptors (Lipinski definition) is 4. The van der Waals surface area contributed by atoms with Gasteiger partial charge in [-0.2, -0.15) is 5.21 Å². The molecule has 1 unspecified atom stereocenters. The number of nitrogens with zero attached hydrogens (tertiary/aromatic N) is 3. The quantitative estimate of drug-likeness (QED) is 0.844. The molecule has 1 amide bonds. The Morgan fingerprint density at radius 3 is 2.75 bits per heavy atom. The topological polar surface area (TPSA) is 83.6 Å². The maximum absolute atomic E-state index is 13.0. The van der Waals surface area contributed by atoms with Crippen LogP contribution in [0.5, 0.6) is 0 Å². The molecular weight excluding hydrogens is 302 g/mol. The van der Waals surface area contributed by atoms with Crippen molar-refractivity contribution in [1.82, 2.24) is 25.9 Å². The molecule has 2 fully saturated rings. The Hall–Kier alpha value is -2.50. The van der Waals surface area contributed by atoms with Gasteiger partial charge in [-0.3, -0.25) is 4.79 Å². The van der Waals surface area contributed by atoms with Crippen molar-refractivity contribution in [2.45, 2.75) is 25.3 Å². The summed E-state index contributed by atoms with van der Waals surface area (Å²) in [7, 11) is 0. The van der Waals surface area contributed by atoms with Gasteiger partial charge in [-0.1, -0.05) is 47.7 Å². The van der Waals surface area contributed by atoms with Gasteiger partial charge in [-0.05, 0) is 42.1 Å². The highest BCUT2D eigenvalue weighted by Crippen LogP contribution is 2.70. The SMILES string of the molecule is O=C(NC(c1ccccc1)c1nn[nH]n1)[C@@H]1C[C@H]2C=C[C@@H]1C21CC1. The normalized spacial score (nSPS) is 29.8. The highest BCUT2D eigenvalue weighted by Gasteiger charge is 2.64. The molecule has 6 nitrogen and oxygen atoms in total. The van der Waals surface area contributed by atoms with Gasteiger partial charge in [0.15, 0.2) is 0 Å². The number of carbonyl (C=O) groups excluding carboxylic acids is 1. The molecule has 24 heavy (non-hydrogen) atoms. The van der Waals surface area contributed by atoms with E-state index in [4.69, 9.17) is 0 Å². The highest BCUT2D eigenvalue weighted by atomic mass is 16.2. The van der Waals surface area contributed by atoms with Crippen molar-refractivity contribution in [2.75, 3.05) is 0 Å². The summed E-state index contributed by atoms with van der Waals surface area (Å²) in [5, 5.41) is 17.5. The smallest absolute Gasteiger partial charge is 0.224 e. The third-order valence-electron chi connectivity index (χ3n) is 6.10. The predicted molar refractivity (Wildman–Crippen MR) is 86.5 cm³/mol. The van der Waals surface area contributed by atoms with Gasteiger partial charge in [0.1, 0.15) is 6.04 Å². The van der Waals surface area contributed by atoms with Gasteiger partial charge in [0, 0.05) is 5.92 Å². The van der Waals surface area contributed by atoms with Crippen molar-refractivity contribution in [1.29, 1.82) is 0 Å². The molecule has 3 aliphatic carbocycles. The Balaban J connectivity index is 1.40. The number of aromatic nitrogens is 4. The number of amides is 1. The van der Waals surface area contributed by atoms with Crippen LogP contribution < -0.4 is 5.32 Å². The van der Waals surface area contributed by atoms with E-state index < -0.39 is 0 Å². The first kappa shape index (κ1) is 13.9. The van der Waals surface area contributed by atoms with Crippen LogP contribution in [0.3, 0.4) is 0 Å². The lowest BCUT2D eigenvalue weighted by molar-refractivity contribution is -0.126. The summed E-state index contributed by atoms with van der Waals surface area (Å²) in [6.07, 6.45) is 8.12. The van der Waals surface area contributed by atoms with Gasteiger partial charge in [0.25, 0.3) is 0 Å². The number of aromatic amines is 1. The van der Waals surface area contributed by atoms with E-state index in [1.54, 1.807) is 0 Å². The predicted octanol–water partition coefficient (Wildman–Crippen LogP) is 2.01. The largest absolute Gasteiger partial charge is 0.342 e. The zero-order valence-corrected chi connectivity index (χ0v) is 13.2. The summed E-state index contributed by atoms with van der Waals surface area (Å²) in [5.74, 6) is 1.68. The number of rotatable bonds is 4. The highest BCUT2D eigenvalue weighted by molar-refractivity contribution is 5.81. The first-order chi connectivity index (χ1) is 11.8. The second-order valence-corrected chi connectivity index (χ2v) is 7.21. The molecule has 1 aromatic carbocycles. The zero-order chi connectivity index (χ0) is 16.1. The molecule has 0 aliphatic heterocycles. The molecule has 2 bridgehead atoms. The van der Waals surface area contributed by atoms with Gasteiger partial charge in [-0.15, -0.1) is 10.2 Å². The van der Waals surface area contributed by atoms with E-state index in [-0.39, 0.29) is 17.9 Å². The lowest BCUT2D eigenvalue weighted by Gasteiger charge is -2.23. The van der Waals surface area contributed by atoms with E-state index in [9.17, 15) is 4.79 Å². The molecule has 122 valence electrons. The van der Waals surface area contributed by atoms with Crippen molar-refractivity contribution >= 4 is 5.91 Å². The van der Waals surface area contributed by atoms with Crippen molar-refractivity contribution in [2.24, 2.45) is 23.2 Å². The van der Waals surface area contributed by atoms with Gasteiger partial charge < -0.3 is 5.32 Å². The minimum atomic E-state index is -0.365. The fourth-order valence-electron chi connectivity index (χ4n) is 4.75. The van der Waals surface area contributed by atoms with Crippen LogP contribution in [-0.4, -0.2) is 26.5 Å². The van der Waals surface area contributed by atoms with E-state index in [0.29, 0.717) is 23.1 Å². The molecule has 2 N–H and O–H groups in total. The number of tetrazole rings is 1. The Morgan fingerprint density at radius 2 is 2.08 bits per heavy atom. The Kier molecular flexibility index (Phi) is 2.89. The molecule has 2 saturated carbocycles. The van der Waals surface area contributed by atoms with Crippen LogP contribution in [-0.2, 0) is 4.79 Å². The molecule has 1 spiro atoms. The van der Waals surface area contributed by atoms with Crippen molar-refractivity contribution in [3.63, 3.8) is 0 Å². The molecule has 5 rings (SSSR count).